The van der Waals surface area contributed by atoms with E-state index in [-0.39, 0.29) is 46.9 Å². The largest absolute Gasteiger partial charge is 0.359 e. The number of carbonyl (C=O) groups excluding carboxylic acids is 1. The zero-order valence-corrected chi connectivity index (χ0v) is 27.7. The maximum absolute atomic E-state index is 14.5. The second-order valence-electron chi connectivity index (χ2n) is 11.8. The molecule has 3 aliphatic rings. The molecule has 2 atom stereocenters. The third-order valence-corrected chi connectivity index (χ3v) is 10.9. The third-order valence-electron chi connectivity index (χ3n) is 8.52. The standard InChI is InChI=1S/C32H29Cl3F2N6O2S/c1-42(15-19-10-24(41-45-19)28-22(36)7-8-23(37)30(28)35)32-39-13-26(46-32)20-9-17-11-38-12-25(40-17)27(20)31(44)43(18-5-6-18)14-16-3-2-4-21(33)29(16)34/h2-4,7-8,10,13,17-18,25,38,40H,5-6,9,11-12,14-15H2,1H3/t17-,25-/m1/s1. The normalized spacial score (nSPS) is 19.4. The molecule has 4 aromatic rings. The van der Waals surface area contributed by atoms with Gasteiger partial charge in [-0.1, -0.05) is 63.4 Å². The lowest BCUT2D eigenvalue weighted by atomic mass is 9.86. The highest BCUT2D eigenvalue weighted by atomic mass is 35.5. The lowest BCUT2D eigenvalue weighted by molar-refractivity contribution is -0.128. The van der Waals surface area contributed by atoms with Crippen molar-refractivity contribution < 1.29 is 18.1 Å². The number of halogens is 5. The van der Waals surface area contributed by atoms with E-state index in [2.05, 4.69) is 20.8 Å². The second kappa shape index (κ2) is 12.9. The third kappa shape index (κ3) is 6.16. The molecular weight excluding hydrogens is 677 g/mol. The minimum atomic E-state index is -0.742. The van der Waals surface area contributed by atoms with Crippen molar-refractivity contribution in [2.45, 2.75) is 50.5 Å². The van der Waals surface area contributed by atoms with Crippen LogP contribution in [0.15, 0.2) is 52.7 Å². The van der Waals surface area contributed by atoms with Gasteiger partial charge < -0.3 is 25.0 Å². The number of fused-ring (bicyclic) bond motifs is 2. The van der Waals surface area contributed by atoms with Crippen molar-refractivity contribution in [2.24, 2.45) is 0 Å². The molecule has 0 radical (unpaired) electrons. The van der Waals surface area contributed by atoms with Gasteiger partial charge in [0.2, 0.25) is 0 Å². The lowest BCUT2D eigenvalue weighted by Gasteiger charge is -2.40. The van der Waals surface area contributed by atoms with E-state index in [1.54, 1.807) is 6.07 Å². The molecule has 2 aliphatic heterocycles. The molecule has 46 heavy (non-hydrogen) atoms. The van der Waals surface area contributed by atoms with E-state index in [4.69, 9.17) is 39.3 Å². The van der Waals surface area contributed by atoms with Gasteiger partial charge >= 0.3 is 0 Å². The smallest absolute Gasteiger partial charge is 0.252 e. The minimum absolute atomic E-state index is 0.00562. The highest BCUT2D eigenvalue weighted by molar-refractivity contribution is 7.16. The molecule has 1 saturated carbocycles. The highest BCUT2D eigenvalue weighted by Crippen LogP contribution is 2.40. The first-order valence-corrected chi connectivity index (χ1v) is 16.8. The summed E-state index contributed by atoms with van der Waals surface area (Å²) in [6.07, 6.45) is 4.39. The lowest BCUT2D eigenvalue weighted by Crippen LogP contribution is -2.59. The van der Waals surface area contributed by atoms with Gasteiger partial charge in [0.15, 0.2) is 10.9 Å². The topological polar surface area (TPSA) is 86.5 Å². The Hall–Kier alpha value is -3.06. The molecule has 1 amide bonds. The van der Waals surface area contributed by atoms with Gasteiger partial charge in [-0.2, -0.15) is 0 Å². The Labute approximate surface area is 283 Å². The zero-order valence-electron chi connectivity index (χ0n) is 24.6. The van der Waals surface area contributed by atoms with Gasteiger partial charge in [-0.25, -0.2) is 13.8 Å². The molecule has 7 rings (SSSR count). The van der Waals surface area contributed by atoms with E-state index in [9.17, 15) is 13.6 Å². The van der Waals surface area contributed by atoms with Gasteiger partial charge in [-0.15, -0.1) is 0 Å². The molecule has 2 N–H and O–H groups in total. The number of amides is 1. The Balaban J connectivity index is 1.16. The summed E-state index contributed by atoms with van der Waals surface area (Å²) in [4.78, 5) is 23.9. The van der Waals surface area contributed by atoms with Gasteiger partial charge in [-0.3, -0.25) is 4.79 Å². The number of hydrogen-bond acceptors (Lipinski definition) is 8. The second-order valence-corrected chi connectivity index (χ2v) is 14.0. The number of aromatic nitrogens is 2. The number of anilines is 1. The van der Waals surface area contributed by atoms with Crippen molar-refractivity contribution in [2.75, 3.05) is 25.0 Å². The van der Waals surface area contributed by atoms with Crippen LogP contribution in [0.1, 0.15) is 35.5 Å². The molecule has 2 fully saturated rings. The SMILES string of the molecule is CN(Cc1cc(-c2c(F)ccc(F)c2Cl)no1)c1ncc(C2=C(C(=O)N(Cc3cccc(Cl)c3Cl)C3CC3)[C@H]3CNC[C@@H](C2)N3)s1. The maximum atomic E-state index is 14.5. The summed E-state index contributed by atoms with van der Waals surface area (Å²) in [6.45, 7) is 2.10. The van der Waals surface area contributed by atoms with E-state index in [0.717, 1.165) is 53.1 Å². The molecule has 2 bridgehead atoms. The van der Waals surface area contributed by atoms with Gasteiger partial charge in [0.1, 0.15) is 17.3 Å². The first kappa shape index (κ1) is 31.5. The number of benzene rings is 2. The summed E-state index contributed by atoms with van der Waals surface area (Å²) >= 11 is 20.3. The number of thiazole rings is 1. The number of carbonyl (C=O) groups is 1. The molecule has 0 spiro atoms. The summed E-state index contributed by atoms with van der Waals surface area (Å²) in [7, 11) is 1.85. The van der Waals surface area contributed by atoms with Gasteiger partial charge in [-0.05, 0) is 48.6 Å². The summed E-state index contributed by atoms with van der Waals surface area (Å²) in [5.41, 5.74) is 2.52. The zero-order chi connectivity index (χ0) is 32.1. The number of rotatable bonds is 9. The molecule has 2 aromatic carbocycles. The van der Waals surface area contributed by atoms with E-state index >= 15 is 0 Å². The fourth-order valence-electron chi connectivity index (χ4n) is 6.11. The number of hydrogen-bond donors (Lipinski definition) is 2. The van der Waals surface area contributed by atoms with Crippen LogP contribution in [0.4, 0.5) is 13.9 Å². The highest BCUT2D eigenvalue weighted by Gasteiger charge is 2.41. The van der Waals surface area contributed by atoms with Crippen molar-refractivity contribution in [1.82, 2.24) is 25.7 Å². The van der Waals surface area contributed by atoms with E-state index in [0.29, 0.717) is 40.4 Å². The average Bonchev–Trinajstić information content (AvgIpc) is 3.57. The van der Waals surface area contributed by atoms with Gasteiger partial charge in [0, 0.05) is 56.6 Å². The van der Waals surface area contributed by atoms with E-state index < -0.39 is 11.6 Å². The molecule has 0 unspecified atom stereocenters. The Morgan fingerprint density at radius 2 is 1.89 bits per heavy atom. The summed E-state index contributed by atoms with van der Waals surface area (Å²) in [5, 5.41) is 12.3. The fraction of sp³-hybridized carbons (Fsp3) is 0.344. The monoisotopic (exact) mass is 704 g/mol. The van der Waals surface area contributed by atoms with Crippen LogP contribution in [0.3, 0.4) is 0 Å². The average molecular weight is 706 g/mol. The Kier molecular flexibility index (Phi) is 8.81. The van der Waals surface area contributed by atoms with Crippen LogP contribution in [0, 0.1) is 11.6 Å². The van der Waals surface area contributed by atoms with Crippen molar-refractivity contribution in [3.63, 3.8) is 0 Å². The number of nitrogens with one attached hydrogen (secondary N) is 2. The Bertz CT molecular complexity index is 1840. The van der Waals surface area contributed by atoms with E-state index in [1.807, 2.05) is 35.2 Å². The molecule has 240 valence electrons. The van der Waals surface area contributed by atoms with E-state index in [1.165, 1.54) is 17.4 Å². The molecule has 2 aromatic heterocycles. The summed E-state index contributed by atoms with van der Waals surface area (Å²) < 4.78 is 33.9. The molecule has 8 nitrogen and oxygen atoms in total. The fourth-order valence-corrected chi connectivity index (χ4v) is 7.68. The van der Waals surface area contributed by atoms with Crippen LogP contribution in [0.5, 0.6) is 0 Å². The molecule has 4 heterocycles. The Morgan fingerprint density at radius 1 is 1.09 bits per heavy atom. The molecule has 1 aliphatic carbocycles. The summed E-state index contributed by atoms with van der Waals surface area (Å²) in [6, 6.07) is 9.21. The predicted molar refractivity (Wildman–Crippen MR) is 176 cm³/mol. The van der Waals surface area contributed by atoms with Gasteiger partial charge in [0.25, 0.3) is 5.91 Å². The van der Waals surface area contributed by atoms with Crippen molar-refractivity contribution in [3.8, 4) is 11.3 Å². The minimum Gasteiger partial charge on any atom is -0.359 e. The van der Waals surface area contributed by atoms with Gasteiger partial charge in [0.05, 0.1) is 38.1 Å². The molecule has 14 heteroatoms. The van der Waals surface area contributed by atoms with Crippen LogP contribution < -0.4 is 15.5 Å². The summed E-state index contributed by atoms with van der Waals surface area (Å²) in [5.74, 6) is -1.02. The van der Waals surface area contributed by atoms with Crippen molar-refractivity contribution in [1.29, 1.82) is 0 Å². The first-order chi connectivity index (χ1) is 22.2. The van der Waals surface area contributed by atoms with Crippen molar-refractivity contribution in [3.05, 3.63) is 91.1 Å². The number of nitrogens with zero attached hydrogens (tertiary/aromatic N) is 4. The van der Waals surface area contributed by atoms with Crippen LogP contribution >= 0.6 is 46.1 Å². The van der Waals surface area contributed by atoms with Crippen molar-refractivity contribution >= 4 is 62.8 Å². The predicted octanol–water partition coefficient (Wildman–Crippen LogP) is 6.95. The first-order valence-electron chi connectivity index (χ1n) is 14.9. The van der Waals surface area contributed by atoms with Crippen LogP contribution in [-0.2, 0) is 17.9 Å². The quantitative estimate of drug-likeness (QED) is 0.182. The van der Waals surface area contributed by atoms with Crippen LogP contribution in [0.2, 0.25) is 15.1 Å². The number of piperazine rings is 1. The van der Waals surface area contributed by atoms with Crippen LogP contribution in [-0.4, -0.2) is 59.2 Å². The Morgan fingerprint density at radius 3 is 2.70 bits per heavy atom. The molecule has 1 saturated heterocycles. The van der Waals surface area contributed by atoms with Crippen LogP contribution in [0.25, 0.3) is 16.8 Å². The maximum Gasteiger partial charge on any atom is 0.252 e. The molecular formula is C32H29Cl3F2N6O2S.